The first kappa shape index (κ1) is 10.3. The van der Waals surface area contributed by atoms with Crippen LogP contribution in [-0.4, -0.2) is 10.1 Å². The van der Waals surface area contributed by atoms with E-state index in [0.29, 0.717) is 5.56 Å². The molecule has 1 unspecified atom stereocenters. The van der Waals surface area contributed by atoms with E-state index in [4.69, 9.17) is 0 Å². The lowest BCUT2D eigenvalue weighted by atomic mass is 10.1. The fourth-order valence-electron chi connectivity index (χ4n) is 1.39. The molecule has 0 saturated heterocycles. The molecule has 0 aliphatic rings. The maximum Gasteiger partial charge on any atom is 0.141 e. The Bertz CT molecular complexity index is 469. The Morgan fingerprint density at radius 3 is 2.87 bits per heavy atom. The van der Waals surface area contributed by atoms with Crippen molar-refractivity contribution in [2.45, 2.75) is 13.0 Å². The summed E-state index contributed by atoms with van der Waals surface area (Å²) in [6.45, 7) is 1.92. The maximum absolute atomic E-state index is 12.9. The molecule has 2 aromatic heterocycles. The van der Waals surface area contributed by atoms with Crippen molar-refractivity contribution in [2.75, 3.05) is 0 Å². The molecule has 0 aromatic carbocycles. The van der Waals surface area contributed by atoms with Crippen LogP contribution >= 0.6 is 11.3 Å². The summed E-state index contributed by atoms with van der Waals surface area (Å²) in [7, 11) is 0. The molecule has 2 nitrogen and oxygen atoms in total. The molecule has 0 saturated carbocycles. The van der Waals surface area contributed by atoms with Gasteiger partial charge in [0.05, 0.1) is 6.20 Å². The number of aliphatic hydroxyl groups excluding tert-OH is 1. The number of nitrogens with zero attached hydrogens (tertiary/aromatic N) is 1. The quantitative estimate of drug-likeness (QED) is 0.849. The third-order valence-electron chi connectivity index (χ3n) is 2.19. The second-order valence-corrected chi connectivity index (χ2v) is 4.25. The predicted molar refractivity (Wildman–Crippen MR) is 57.3 cm³/mol. The SMILES string of the molecule is Cc1ccsc1C(O)c1cncc(F)c1. The molecule has 0 radical (unpaired) electrons. The molecule has 2 aromatic rings. The van der Waals surface area contributed by atoms with Gasteiger partial charge in [0.2, 0.25) is 0 Å². The summed E-state index contributed by atoms with van der Waals surface area (Å²) in [4.78, 5) is 4.55. The van der Waals surface area contributed by atoms with Crippen molar-refractivity contribution in [3.63, 3.8) is 0 Å². The van der Waals surface area contributed by atoms with Crippen LogP contribution in [0.3, 0.4) is 0 Å². The first-order chi connectivity index (χ1) is 7.18. The number of hydrogen-bond acceptors (Lipinski definition) is 3. The van der Waals surface area contributed by atoms with Gasteiger partial charge in [-0.2, -0.15) is 0 Å². The summed E-state index contributed by atoms with van der Waals surface area (Å²) >= 11 is 1.46. The van der Waals surface area contributed by atoms with Crippen molar-refractivity contribution in [1.29, 1.82) is 0 Å². The zero-order valence-corrected chi connectivity index (χ0v) is 8.96. The van der Waals surface area contributed by atoms with Crippen LogP contribution in [0, 0.1) is 12.7 Å². The second kappa shape index (κ2) is 4.08. The normalized spacial score (nSPS) is 12.7. The molecular formula is C11H10FNOS. The summed E-state index contributed by atoms with van der Waals surface area (Å²) in [5.41, 5.74) is 1.50. The topological polar surface area (TPSA) is 33.1 Å². The minimum atomic E-state index is -0.784. The molecule has 2 rings (SSSR count). The van der Waals surface area contributed by atoms with Gasteiger partial charge in [-0.15, -0.1) is 11.3 Å². The molecule has 0 bridgehead atoms. The molecular weight excluding hydrogens is 213 g/mol. The van der Waals surface area contributed by atoms with Crippen molar-refractivity contribution in [2.24, 2.45) is 0 Å². The van der Waals surface area contributed by atoms with Crippen LogP contribution in [0.25, 0.3) is 0 Å². The summed E-state index contributed by atoms with van der Waals surface area (Å²) in [6.07, 6.45) is 1.82. The van der Waals surface area contributed by atoms with Crippen molar-refractivity contribution < 1.29 is 9.50 Å². The van der Waals surface area contributed by atoms with Crippen molar-refractivity contribution in [1.82, 2.24) is 4.98 Å². The Balaban J connectivity index is 2.36. The lowest BCUT2D eigenvalue weighted by Gasteiger charge is -2.09. The van der Waals surface area contributed by atoms with Gasteiger partial charge in [0.25, 0.3) is 0 Å². The number of aryl methyl sites for hydroxylation is 1. The Kier molecular flexibility index (Phi) is 2.79. The first-order valence-corrected chi connectivity index (χ1v) is 5.39. The number of halogens is 1. The Morgan fingerprint density at radius 2 is 2.27 bits per heavy atom. The van der Waals surface area contributed by atoms with Crippen LogP contribution in [0.1, 0.15) is 22.1 Å². The fourth-order valence-corrected chi connectivity index (χ4v) is 2.33. The summed E-state index contributed by atoms with van der Waals surface area (Å²) in [5.74, 6) is -0.430. The van der Waals surface area contributed by atoms with Crippen LogP contribution < -0.4 is 0 Å². The molecule has 4 heteroatoms. The van der Waals surface area contributed by atoms with Crippen LogP contribution in [0.2, 0.25) is 0 Å². The van der Waals surface area contributed by atoms with E-state index < -0.39 is 11.9 Å². The number of thiophene rings is 1. The van der Waals surface area contributed by atoms with E-state index in [1.165, 1.54) is 23.6 Å². The molecule has 1 atom stereocenters. The highest BCUT2D eigenvalue weighted by atomic mass is 32.1. The standard InChI is InChI=1S/C11H10FNOS/c1-7-2-3-15-11(7)10(14)8-4-9(12)6-13-5-8/h2-6,10,14H,1H3. The minimum absolute atomic E-state index is 0.430. The van der Waals surface area contributed by atoms with Crippen LogP contribution in [0.15, 0.2) is 29.9 Å². The van der Waals surface area contributed by atoms with Gasteiger partial charge in [0.1, 0.15) is 11.9 Å². The van der Waals surface area contributed by atoms with Gasteiger partial charge in [-0.25, -0.2) is 4.39 Å². The zero-order chi connectivity index (χ0) is 10.8. The summed E-state index contributed by atoms with van der Waals surface area (Å²) in [5, 5.41) is 11.9. The van der Waals surface area contributed by atoms with Gasteiger partial charge in [-0.05, 0) is 30.0 Å². The van der Waals surface area contributed by atoms with Crippen LogP contribution in [0.5, 0.6) is 0 Å². The van der Waals surface area contributed by atoms with Crippen molar-refractivity contribution in [3.8, 4) is 0 Å². The second-order valence-electron chi connectivity index (χ2n) is 3.31. The first-order valence-electron chi connectivity index (χ1n) is 4.51. The molecule has 0 aliphatic heterocycles. The molecule has 78 valence electrons. The molecule has 2 heterocycles. The lowest BCUT2D eigenvalue weighted by Crippen LogP contribution is -2.00. The molecule has 1 N–H and O–H groups in total. The van der Waals surface area contributed by atoms with Crippen LogP contribution in [-0.2, 0) is 0 Å². The predicted octanol–water partition coefficient (Wildman–Crippen LogP) is 2.67. The highest BCUT2D eigenvalue weighted by molar-refractivity contribution is 7.10. The summed E-state index contributed by atoms with van der Waals surface area (Å²) in [6, 6.07) is 3.23. The van der Waals surface area contributed by atoms with E-state index in [1.807, 2.05) is 18.4 Å². The van der Waals surface area contributed by atoms with E-state index in [9.17, 15) is 9.50 Å². The Morgan fingerprint density at radius 1 is 1.47 bits per heavy atom. The fraction of sp³-hybridized carbons (Fsp3) is 0.182. The zero-order valence-electron chi connectivity index (χ0n) is 8.14. The molecule has 0 spiro atoms. The van der Waals surface area contributed by atoms with Gasteiger partial charge in [0.15, 0.2) is 0 Å². The lowest BCUT2D eigenvalue weighted by molar-refractivity contribution is 0.222. The van der Waals surface area contributed by atoms with Gasteiger partial charge in [-0.3, -0.25) is 4.98 Å². The third-order valence-corrected chi connectivity index (χ3v) is 3.26. The van der Waals surface area contributed by atoms with Gasteiger partial charge in [0, 0.05) is 16.6 Å². The Labute approximate surface area is 91.0 Å². The molecule has 15 heavy (non-hydrogen) atoms. The highest BCUT2D eigenvalue weighted by Gasteiger charge is 2.14. The number of aromatic nitrogens is 1. The number of aliphatic hydroxyl groups is 1. The van der Waals surface area contributed by atoms with E-state index in [-0.39, 0.29) is 0 Å². The molecule has 0 amide bonds. The average Bonchev–Trinajstić information content (AvgIpc) is 2.63. The van der Waals surface area contributed by atoms with Crippen molar-refractivity contribution in [3.05, 3.63) is 51.7 Å². The van der Waals surface area contributed by atoms with E-state index in [1.54, 1.807) is 0 Å². The number of pyridine rings is 1. The van der Waals surface area contributed by atoms with Gasteiger partial charge >= 0.3 is 0 Å². The van der Waals surface area contributed by atoms with E-state index in [2.05, 4.69) is 4.98 Å². The Hall–Kier alpha value is -1.26. The number of hydrogen-bond donors (Lipinski definition) is 1. The smallest absolute Gasteiger partial charge is 0.141 e. The van der Waals surface area contributed by atoms with Gasteiger partial charge in [-0.1, -0.05) is 0 Å². The highest BCUT2D eigenvalue weighted by Crippen LogP contribution is 2.28. The molecule has 0 aliphatic carbocycles. The third kappa shape index (κ3) is 2.06. The minimum Gasteiger partial charge on any atom is -0.383 e. The van der Waals surface area contributed by atoms with E-state index >= 15 is 0 Å². The van der Waals surface area contributed by atoms with Gasteiger partial charge < -0.3 is 5.11 Å². The monoisotopic (exact) mass is 223 g/mol. The maximum atomic E-state index is 12.9. The summed E-state index contributed by atoms with van der Waals surface area (Å²) < 4.78 is 12.9. The average molecular weight is 223 g/mol. The largest absolute Gasteiger partial charge is 0.383 e. The van der Waals surface area contributed by atoms with E-state index in [0.717, 1.165) is 16.6 Å². The molecule has 0 fully saturated rings. The van der Waals surface area contributed by atoms with Crippen molar-refractivity contribution >= 4 is 11.3 Å². The van der Waals surface area contributed by atoms with Crippen LogP contribution in [0.4, 0.5) is 4.39 Å². The number of rotatable bonds is 2.